The minimum atomic E-state index is -0.541. The smallest absolute Gasteiger partial charge is 0.270 e. The van der Waals surface area contributed by atoms with Crippen molar-refractivity contribution >= 4 is 11.6 Å². The molecule has 8 nitrogen and oxygen atoms in total. The number of nitro groups is 1. The Balaban J connectivity index is 1.80. The molecule has 0 spiro atoms. The Bertz CT molecular complexity index is 853. The van der Waals surface area contributed by atoms with E-state index < -0.39 is 10.8 Å². The van der Waals surface area contributed by atoms with Crippen molar-refractivity contribution in [3.8, 4) is 17.2 Å². The Kier molecular flexibility index (Phi) is 6.10. The first-order valence-electron chi connectivity index (χ1n) is 9.12. The number of non-ortho nitro benzene ring substituents is 1. The lowest BCUT2D eigenvalue weighted by Crippen LogP contribution is -2.36. The average molecular weight is 385 g/mol. The number of nitro benzene ring substituents is 1. The van der Waals surface area contributed by atoms with Crippen LogP contribution in [-0.2, 0) is 0 Å². The van der Waals surface area contributed by atoms with Crippen LogP contribution in [0, 0.1) is 16.0 Å². The molecule has 1 aliphatic carbocycles. The molecule has 2 unspecified atom stereocenters. The number of benzene rings is 2. The zero-order chi connectivity index (χ0) is 20.1. The van der Waals surface area contributed by atoms with Crippen LogP contribution in [0.2, 0.25) is 0 Å². The van der Waals surface area contributed by atoms with E-state index in [0.29, 0.717) is 18.0 Å². The van der Waals surface area contributed by atoms with Crippen molar-refractivity contribution in [2.75, 3.05) is 13.7 Å². The van der Waals surface area contributed by atoms with E-state index in [-0.39, 0.29) is 29.0 Å². The summed E-state index contributed by atoms with van der Waals surface area (Å²) in [5, 5.41) is 14.0. The van der Waals surface area contributed by atoms with E-state index in [4.69, 9.17) is 15.2 Å². The van der Waals surface area contributed by atoms with Gasteiger partial charge in [-0.1, -0.05) is 6.42 Å². The molecule has 2 aromatic carbocycles. The molecule has 28 heavy (non-hydrogen) atoms. The van der Waals surface area contributed by atoms with Crippen molar-refractivity contribution in [3.05, 3.63) is 58.1 Å². The number of hydrogen-bond donors (Lipinski definition) is 2. The van der Waals surface area contributed by atoms with Gasteiger partial charge in [-0.05, 0) is 49.1 Å². The Morgan fingerprint density at radius 3 is 2.54 bits per heavy atom. The number of rotatable bonds is 7. The van der Waals surface area contributed by atoms with E-state index in [1.165, 1.54) is 18.2 Å². The van der Waals surface area contributed by atoms with E-state index in [0.717, 1.165) is 19.3 Å². The molecular formula is C20H23N3O5. The zero-order valence-electron chi connectivity index (χ0n) is 15.6. The van der Waals surface area contributed by atoms with Gasteiger partial charge in [0.1, 0.15) is 17.2 Å². The molecule has 2 aromatic rings. The number of carbonyl (C=O) groups is 1. The number of nitrogens with zero attached hydrogens (tertiary/aromatic N) is 1. The Morgan fingerprint density at radius 2 is 1.93 bits per heavy atom. The van der Waals surface area contributed by atoms with Crippen LogP contribution in [0.4, 0.5) is 5.69 Å². The van der Waals surface area contributed by atoms with Crippen LogP contribution in [0.3, 0.4) is 0 Å². The molecule has 0 saturated heterocycles. The SMILES string of the molecule is COc1ccc(Oc2ccc([N+](=O)[O-])cc2C(=O)NCC2CCCC2N)cc1. The second-order valence-electron chi connectivity index (χ2n) is 6.78. The molecule has 3 N–H and O–H groups in total. The van der Waals surface area contributed by atoms with Gasteiger partial charge in [-0.2, -0.15) is 0 Å². The average Bonchev–Trinajstić information content (AvgIpc) is 3.11. The molecule has 1 amide bonds. The molecule has 8 heteroatoms. The van der Waals surface area contributed by atoms with E-state index in [9.17, 15) is 14.9 Å². The summed E-state index contributed by atoms with van der Waals surface area (Å²) >= 11 is 0. The quantitative estimate of drug-likeness (QED) is 0.558. The van der Waals surface area contributed by atoms with Gasteiger partial charge in [0.05, 0.1) is 17.6 Å². The van der Waals surface area contributed by atoms with E-state index in [2.05, 4.69) is 5.32 Å². The molecule has 0 heterocycles. The lowest BCUT2D eigenvalue weighted by Gasteiger charge is -2.17. The predicted octanol–water partition coefficient (Wildman–Crippen LogP) is 3.25. The minimum Gasteiger partial charge on any atom is -0.497 e. The maximum Gasteiger partial charge on any atom is 0.270 e. The summed E-state index contributed by atoms with van der Waals surface area (Å²) in [4.78, 5) is 23.3. The van der Waals surface area contributed by atoms with Crippen LogP contribution in [-0.4, -0.2) is 30.5 Å². The Labute approximate surface area is 162 Å². The highest BCUT2D eigenvalue weighted by Gasteiger charge is 2.25. The first kappa shape index (κ1) is 19.6. The molecule has 1 saturated carbocycles. The van der Waals surface area contributed by atoms with Gasteiger partial charge in [-0.15, -0.1) is 0 Å². The summed E-state index contributed by atoms with van der Waals surface area (Å²) in [5.74, 6) is 1.19. The van der Waals surface area contributed by atoms with E-state index in [1.54, 1.807) is 31.4 Å². The molecule has 0 aliphatic heterocycles. The third-order valence-electron chi connectivity index (χ3n) is 4.95. The van der Waals surface area contributed by atoms with Crippen molar-refractivity contribution in [3.63, 3.8) is 0 Å². The summed E-state index contributed by atoms with van der Waals surface area (Å²) in [6.45, 7) is 0.435. The van der Waals surface area contributed by atoms with E-state index in [1.807, 2.05) is 0 Å². The van der Waals surface area contributed by atoms with Gasteiger partial charge in [0.2, 0.25) is 0 Å². The first-order valence-corrected chi connectivity index (χ1v) is 9.12. The third-order valence-corrected chi connectivity index (χ3v) is 4.95. The molecule has 0 bridgehead atoms. The van der Waals surface area contributed by atoms with Crippen LogP contribution < -0.4 is 20.5 Å². The zero-order valence-corrected chi connectivity index (χ0v) is 15.6. The number of methoxy groups -OCH3 is 1. The number of ether oxygens (including phenoxy) is 2. The molecule has 1 aliphatic rings. The molecule has 3 rings (SSSR count). The van der Waals surface area contributed by atoms with Gasteiger partial charge in [0, 0.05) is 24.7 Å². The highest BCUT2D eigenvalue weighted by Crippen LogP contribution is 2.30. The molecular weight excluding hydrogens is 362 g/mol. The monoisotopic (exact) mass is 385 g/mol. The van der Waals surface area contributed by atoms with E-state index >= 15 is 0 Å². The highest BCUT2D eigenvalue weighted by atomic mass is 16.6. The lowest BCUT2D eigenvalue weighted by molar-refractivity contribution is -0.384. The molecule has 0 radical (unpaired) electrons. The maximum atomic E-state index is 12.7. The number of hydrogen-bond acceptors (Lipinski definition) is 6. The van der Waals surface area contributed by atoms with Crippen molar-refractivity contribution in [1.29, 1.82) is 0 Å². The molecule has 1 fully saturated rings. The van der Waals surface area contributed by atoms with Crippen molar-refractivity contribution in [2.45, 2.75) is 25.3 Å². The van der Waals surface area contributed by atoms with Gasteiger partial charge in [-0.25, -0.2) is 0 Å². The fourth-order valence-corrected chi connectivity index (χ4v) is 3.31. The number of nitrogens with one attached hydrogen (secondary N) is 1. The van der Waals surface area contributed by atoms with Gasteiger partial charge in [0.15, 0.2) is 0 Å². The topological polar surface area (TPSA) is 117 Å². The summed E-state index contributed by atoms with van der Waals surface area (Å²) in [6.07, 6.45) is 2.96. The third kappa shape index (κ3) is 4.58. The normalized spacial score (nSPS) is 18.5. The highest BCUT2D eigenvalue weighted by molar-refractivity contribution is 5.97. The second kappa shape index (κ2) is 8.71. The Hall–Kier alpha value is -3.13. The Morgan fingerprint density at radius 1 is 1.21 bits per heavy atom. The maximum absolute atomic E-state index is 12.7. The van der Waals surface area contributed by atoms with Crippen LogP contribution >= 0.6 is 0 Å². The van der Waals surface area contributed by atoms with Gasteiger partial charge >= 0.3 is 0 Å². The van der Waals surface area contributed by atoms with Crippen molar-refractivity contribution in [2.24, 2.45) is 11.7 Å². The summed E-state index contributed by atoms with van der Waals surface area (Å²) < 4.78 is 10.9. The number of nitrogens with two attached hydrogens (primary N) is 1. The van der Waals surface area contributed by atoms with Crippen LogP contribution in [0.5, 0.6) is 17.2 Å². The second-order valence-corrected chi connectivity index (χ2v) is 6.78. The molecule has 2 atom stereocenters. The summed E-state index contributed by atoms with van der Waals surface area (Å²) in [7, 11) is 1.56. The largest absolute Gasteiger partial charge is 0.497 e. The fraction of sp³-hybridized carbons (Fsp3) is 0.350. The minimum absolute atomic E-state index is 0.0698. The van der Waals surface area contributed by atoms with Crippen molar-refractivity contribution < 1.29 is 19.2 Å². The van der Waals surface area contributed by atoms with Crippen molar-refractivity contribution in [1.82, 2.24) is 5.32 Å². The van der Waals surface area contributed by atoms with Crippen LogP contribution in [0.1, 0.15) is 29.6 Å². The number of carbonyl (C=O) groups excluding carboxylic acids is 1. The van der Waals surface area contributed by atoms with Crippen LogP contribution in [0.25, 0.3) is 0 Å². The summed E-state index contributed by atoms with van der Waals surface area (Å²) in [6, 6.07) is 10.9. The molecule has 148 valence electrons. The van der Waals surface area contributed by atoms with Gasteiger partial charge in [0.25, 0.3) is 11.6 Å². The number of amides is 1. The predicted molar refractivity (Wildman–Crippen MR) is 104 cm³/mol. The summed E-state index contributed by atoms with van der Waals surface area (Å²) in [5.41, 5.74) is 5.98. The van der Waals surface area contributed by atoms with Gasteiger partial charge in [-0.3, -0.25) is 14.9 Å². The lowest BCUT2D eigenvalue weighted by atomic mass is 10.0. The van der Waals surface area contributed by atoms with Crippen LogP contribution in [0.15, 0.2) is 42.5 Å². The fourth-order valence-electron chi connectivity index (χ4n) is 3.31. The first-order chi connectivity index (χ1) is 13.5. The molecule has 0 aromatic heterocycles. The van der Waals surface area contributed by atoms with Gasteiger partial charge < -0.3 is 20.5 Å². The standard InChI is InChI=1S/C20H23N3O5/c1-27-15-6-8-16(9-7-15)28-19-10-5-14(23(25)26)11-17(19)20(24)22-12-13-3-2-4-18(13)21/h5-11,13,18H,2-4,12,21H2,1H3,(H,22,24).